The smallest absolute Gasteiger partial charge is 0.137 e. The fourth-order valence-electron chi connectivity index (χ4n) is 1.51. The van der Waals surface area contributed by atoms with E-state index in [0.29, 0.717) is 5.92 Å². The summed E-state index contributed by atoms with van der Waals surface area (Å²) in [5.41, 5.74) is 2.14. The Morgan fingerprint density at radius 1 is 1.40 bits per heavy atom. The monoisotopic (exact) mass is 268 g/mol. The molecule has 0 radical (unpaired) electrons. The Morgan fingerprint density at radius 3 is 2.73 bits per heavy atom. The summed E-state index contributed by atoms with van der Waals surface area (Å²) in [6, 6.07) is 3.94. The molecule has 0 bridgehead atoms. The summed E-state index contributed by atoms with van der Waals surface area (Å²) in [5, 5.41) is 4.51. The van der Waals surface area contributed by atoms with Crippen molar-refractivity contribution in [3.63, 3.8) is 0 Å². The number of nitrogens with zero attached hydrogens (tertiary/aromatic N) is 2. The topological polar surface area (TPSA) is 26.5 Å². The maximum atomic E-state index is 5.16. The molecule has 2 aromatic rings. The summed E-state index contributed by atoms with van der Waals surface area (Å²) in [6.45, 7) is 4.26. The van der Waals surface area contributed by atoms with Gasteiger partial charge in [0.2, 0.25) is 0 Å². The van der Waals surface area contributed by atoms with Crippen molar-refractivity contribution in [3.05, 3.63) is 28.5 Å². The van der Waals surface area contributed by atoms with Gasteiger partial charge in [-0.15, -0.1) is 0 Å². The van der Waals surface area contributed by atoms with Gasteiger partial charge in [0, 0.05) is 0 Å². The van der Waals surface area contributed by atoms with Crippen LogP contribution in [0.3, 0.4) is 0 Å². The van der Waals surface area contributed by atoms with Crippen LogP contribution >= 0.6 is 15.9 Å². The first-order chi connectivity index (χ1) is 7.13. The summed E-state index contributed by atoms with van der Waals surface area (Å²) in [6.07, 6.45) is 1.88. The number of halogens is 1. The maximum absolute atomic E-state index is 5.16. The number of methoxy groups -OCH3 is 1. The van der Waals surface area contributed by atoms with Gasteiger partial charge >= 0.3 is 0 Å². The standard InChI is InChI=1S/C11H13BrN2O/c1-7(2)11-10(12)9-5-4-8(15-3)6-14(9)13-11/h4-7H,1-3H3. The molecule has 0 atom stereocenters. The molecule has 0 fully saturated rings. The molecule has 0 amide bonds. The van der Waals surface area contributed by atoms with Crippen LogP contribution in [-0.4, -0.2) is 16.7 Å². The highest BCUT2D eigenvalue weighted by atomic mass is 79.9. The van der Waals surface area contributed by atoms with E-state index in [0.717, 1.165) is 21.4 Å². The first-order valence-corrected chi connectivity index (χ1v) is 5.64. The molecule has 2 rings (SSSR count). The highest BCUT2D eigenvalue weighted by Crippen LogP contribution is 2.29. The highest BCUT2D eigenvalue weighted by Gasteiger charge is 2.13. The van der Waals surface area contributed by atoms with Crippen LogP contribution in [0.1, 0.15) is 25.5 Å². The third kappa shape index (κ3) is 1.74. The molecular weight excluding hydrogens is 256 g/mol. The van der Waals surface area contributed by atoms with Gasteiger partial charge in [-0.2, -0.15) is 5.10 Å². The Morgan fingerprint density at radius 2 is 2.13 bits per heavy atom. The first-order valence-electron chi connectivity index (χ1n) is 4.85. The van der Waals surface area contributed by atoms with Crippen molar-refractivity contribution in [2.75, 3.05) is 7.11 Å². The van der Waals surface area contributed by atoms with E-state index in [4.69, 9.17) is 4.74 Å². The zero-order valence-electron chi connectivity index (χ0n) is 8.99. The van der Waals surface area contributed by atoms with Crippen molar-refractivity contribution < 1.29 is 4.74 Å². The number of aromatic nitrogens is 2. The lowest BCUT2D eigenvalue weighted by atomic mass is 10.1. The SMILES string of the molecule is COc1ccc2c(Br)c(C(C)C)nn2c1. The predicted molar refractivity (Wildman–Crippen MR) is 63.5 cm³/mol. The molecule has 3 nitrogen and oxygen atoms in total. The molecule has 0 N–H and O–H groups in total. The van der Waals surface area contributed by atoms with Crippen LogP contribution in [0.25, 0.3) is 5.52 Å². The molecule has 0 spiro atoms. The van der Waals surface area contributed by atoms with Crippen molar-refractivity contribution >= 4 is 21.4 Å². The Labute approximate surface area is 97.2 Å². The van der Waals surface area contributed by atoms with Gasteiger partial charge < -0.3 is 4.74 Å². The molecule has 80 valence electrons. The summed E-state index contributed by atoms with van der Waals surface area (Å²) < 4.78 is 8.07. The molecule has 2 heterocycles. The van der Waals surface area contributed by atoms with E-state index in [2.05, 4.69) is 34.9 Å². The molecule has 0 aromatic carbocycles. The van der Waals surface area contributed by atoms with Crippen LogP contribution in [0.5, 0.6) is 5.75 Å². The predicted octanol–water partition coefficient (Wildman–Crippen LogP) is 3.23. The maximum Gasteiger partial charge on any atom is 0.137 e. The minimum atomic E-state index is 0.408. The summed E-state index contributed by atoms with van der Waals surface area (Å²) in [4.78, 5) is 0. The summed E-state index contributed by atoms with van der Waals surface area (Å²) in [5.74, 6) is 1.22. The average molecular weight is 269 g/mol. The molecule has 0 saturated carbocycles. The van der Waals surface area contributed by atoms with Gasteiger partial charge in [-0.05, 0) is 34.0 Å². The number of fused-ring (bicyclic) bond motifs is 1. The quantitative estimate of drug-likeness (QED) is 0.836. The van der Waals surface area contributed by atoms with Crippen molar-refractivity contribution in [2.24, 2.45) is 0 Å². The molecule has 0 aliphatic carbocycles. The van der Waals surface area contributed by atoms with Crippen molar-refractivity contribution in [2.45, 2.75) is 19.8 Å². The molecule has 4 heteroatoms. The van der Waals surface area contributed by atoms with E-state index in [9.17, 15) is 0 Å². The van der Waals surface area contributed by atoms with Gasteiger partial charge in [-0.25, -0.2) is 4.52 Å². The fraction of sp³-hybridized carbons (Fsp3) is 0.364. The molecular formula is C11H13BrN2O. The van der Waals surface area contributed by atoms with E-state index >= 15 is 0 Å². The molecule has 2 aromatic heterocycles. The third-order valence-electron chi connectivity index (χ3n) is 2.35. The Bertz CT molecular complexity index is 491. The second-order valence-electron chi connectivity index (χ2n) is 3.75. The number of hydrogen-bond acceptors (Lipinski definition) is 2. The average Bonchev–Trinajstić information content (AvgIpc) is 2.55. The van der Waals surface area contributed by atoms with Gasteiger partial charge in [-0.1, -0.05) is 13.8 Å². The summed E-state index contributed by atoms with van der Waals surface area (Å²) in [7, 11) is 1.66. The highest BCUT2D eigenvalue weighted by molar-refractivity contribution is 9.10. The van der Waals surface area contributed by atoms with Crippen molar-refractivity contribution in [3.8, 4) is 5.75 Å². The van der Waals surface area contributed by atoms with Crippen LogP contribution in [0, 0.1) is 0 Å². The van der Waals surface area contributed by atoms with E-state index in [1.54, 1.807) is 7.11 Å². The number of pyridine rings is 1. The molecule has 0 aliphatic rings. The normalized spacial score (nSPS) is 11.3. The Kier molecular flexibility index (Phi) is 2.69. The van der Waals surface area contributed by atoms with E-state index in [-0.39, 0.29) is 0 Å². The molecule has 0 unspecified atom stereocenters. The lowest BCUT2D eigenvalue weighted by Gasteiger charge is -1.99. The van der Waals surface area contributed by atoms with Crippen LogP contribution in [0.4, 0.5) is 0 Å². The first kappa shape index (κ1) is 10.5. The van der Waals surface area contributed by atoms with Gasteiger partial charge in [0.1, 0.15) is 5.75 Å². The van der Waals surface area contributed by atoms with Crippen LogP contribution in [0.2, 0.25) is 0 Å². The second-order valence-corrected chi connectivity index (χ2v) is 4.55. The van der Waals surface area contributed by atoms with Crippen molar-refractivity contribution in [1.29, 1.82) is 0 Å². The lowest BCUT2D eigenvalue weighted by Crippen LogP contribution is -1.92. The second kappa shape index (κ2) is 3.85. The Hall–Kier alpha value is -1.03. The van der Waals surface area contributed by atoms with Crippen LogP contribution < -0.4 is 4.74 Å². The van der Waals surface area contributed by atoms with E-state index in [1.807, 2.05) is 22.8 Å². The number of hydrogen-bond donors (Lipinski definition) is 0. The molecule has 0 aliphatic heterocycles. The number of rotatable bonds is 2. The van der Waals surface area contributed by atoms with Gasteiger partial charge in [0.15, 0.2) is 0 Å². The third-order valence-corrected chi connectivity index (χ3v) is 3.16. The van der Waals surface area contributed by atoms with Gasteiger partial charge in [0.05, 0.1) is 29.0 Å². The van der Waals surface area contributed by atoms with Gasteiger partial charge in [0.25, 0.3) is 0 Å². The molecule has 15 heavy (non-hydrogen) atoms. The number of ether oxygens (including phenoxy) is 1. The van der Waals surface area contributed by atoms with E-state index < -0.39 is 0 Å². The molecule has 0 saturated heterocycles. The lowest BCUT2D eigenvalue weighted by molar-refractivity contribution is 0.411. The zero-order valence-corrected chi connectivity index (χ0v) is 10.6. The summed E-state index contributed by atoms with van der Waals surface area (Å²) >= 11 is 3.57. The van der Waals surface area contributed by atoms with Crippen LogP contribution in [-0.2, 0) is 0 Å². The van der Waals surface area contributed by atoms with Crippen molar-refractivity contribution in [1.82, 2.24) is 9.61 Å². The Balaban J connectivity index is 2.65. The minimum absolute atomic E-state index is 0.408. The van der Waals surface area contributed by atoms with Gasteiger partial charge in [-0.3, -0.25) is 0 Å². The largest absolute Gasteiger partial charge is 0.495 e. The van der Waals surface area contributed by atoms with E-state index in [1.165, 1.54) is 0 Å². The van der Waals surface area contributed by atoms with Crippen LogP contribution in [0.15, 0.2) is 22.8 Å². The fourth-order valence-corrected chi connectivity index (χ4v) is 2.36. The minimum Gasteiger partial charge on any atom is -0.495 e. The zero-order chi connectivity index (χ0) is 11.0.